The van der Waals surface area contributed by atoms with Crippen LogP contribution in [0.15, 0.2) is 41.4 Å². The monoisotopic (exact) mass is 620 g/mol. The highest BCUT2D eigenvalue weighted by atomic mass is 35.5. The molecule has 0 spiro atoms. The molecule has 4 aromatic rings. The van der Waals surface area contributed by atoms with E-state index in [1.54, 1.807) is 47.2 Å². The number of nitrogens with zero attached hydrogens (tertiary/aromatic N) is 6. The van der Waals surface area contributed by atoms with Crippen LogP contribution in [0.5, 0.6) is 0 Å². The molecule has 0 fully saturated rings. The standard InChI is InChI=1S/C30H30Cl2N8O3/c1-38-23-9-11-33-15-21(23)34-27(38)29(42)36-19-7-3-5-17(25(19)31)18-6-4-8-20(26(18)32)37-30(43)28-35-22-16-40(13-14-41)12-10-24(22)39(28)2/h3-8,15,41H,9-14,16H2,1-2H3,(H,36,42)(H,37,43). The van der Waals surface area contributed by atoms with Gasteiger partial charge in [-0.05, 0) is 12.1 Å². The molecule has 0 atom stereocenters. The van der Waals surface area contributed by atoms with Gasteiger partial charge in [-0.15, -0.1) is 0 Å². The van der Waals surface area contributed by atoms with Crippen molar-refractivity contribution < 1.29 is 14.7 Å². The van der Waals surface area contributed by atoms with Gasteiger partial charge in [0.2, 0.25) is 0 Å². The number of β-amino-alcohol motifs (C(OH)–C–C–N with tert-alkyl or cyclic N) is 1. The summed E-state index contributed by atoms with van der Waals surface area (Å²) in [4.78, 5) is 41.9. The van der Waals surface area contributed by atoms with Crippen LogP contribution in [0.1, 0.15) is 44.0 Å². The Bertz CT molecular complexity index is 1780. The Morgan fingerprint density at radius 3 is 2.09 bits per heavy atom. The van der Waals surface area contributed by atoms with Crippen LogP contribution in [0.4, 0.5) is 11.4 Å². The Morgan fingerprint density at radius 2 is 1.49 bits per heavy atom. The molecule has 0 saturated carbocycles. The number of imidazole rings is 2. The van der Waals surface area contributed by atoms with E-state index in [-0.39, 0.29) is 24.2 Å². The van der Waals surface area contributed by atoms with Crippen LogP contribution in [0.2, 0.25) is 10.0 Å². The van der Waals surface area contributed by atoms with Crippen LogP contribution in [0, 0.1) is 0 Å². The number of aliphatic hydroxyl groups excluding tert-OH is 1. The quantitative estimate of drug-likeness (QED) is 0.287. The lowest BCUT2D eigenvalue weighted by atomic mass is 10.0. The van der Waals surface area contributed by atoms with Gasteiger partial charge in [0.05, 0.1) is 33.7 Å². The van der Waals surface area contributed by atoms with Gasteiger partial charge in [0.25, 0.3) is 11.8 Å². The molecular formula is C30H30Cl2N8O3. The van der Waals surface area contributed by atoms with Crippen molar-refractivity contribution in [2.24, 2.45) is 19.1 Å². The lowest BCUT2D eigenvalue weighted by molar-refractivity contribution is 0.100. The summed E-state index contributed by atoms with van der Waals surface area (Å²) >= 11 is 13.6. The first kappa shape index (κ1) is 29.1. The van der Waals surface area contributed by atoms with Gasteiger partial charge in [0.1, 0.15) is 5.69 Å². The number of halogens is 2. The Kier molecular flexibility index (Phi) is 8.06. The van der Waals surface area contributed by atoms with E-state index in [1.807, 2.05) is 18.7 Å². The molecule has 0 radical (unpaired) electrons. The number of aliphatic hydroxyl groups is 1. The van der Waals surface area contributed by atoms with E-state index in [2.05, 4.69) is 30.5 Å². The van der Waals surface area contributed by atoms with Gasteiger partial charge in [0, 0.05) is 81.8 Å². The topological polar surface area (TPSA) is 130 Å². The van der Waals surface area contributed by atoms with E-state index < -0.39 is 5.91 Å². The molecule has 0 aliphatic carbocycles. The molecule has 2 aliphatic rings. The molecule has 222 valence electrons. The molecule has 11 nitrogen and oxygen atoms in total. The van der Waals surface area contributed by atoms with Crippen LogP contribution in [0.25, 0.3) is 11.1 Å². The number of anilines is 2. The number of amides is 2. The summed E-state index contributed by atoms with van der Waals surface area (Å²) in [5, 5.41) is 15.7. The number of hydrogen-bond donors (Lipinski definition) is 3. The number of benzene rings is 2. The fourth-order valence-electron chi connectivity index (χ4n) is 5.62. The van der Waals surface area contributed by atoms with Gasteiger partial charge in [0.15, 0.2) is 11.6 Å². The van der Waals surface area contributed by atoms with Gasteiger partial charge in [-0.25, -0.2) is 9.97 Å². The molecule has 13 heteroatoms. The van der Waals surface area contributed by atoms with Crippen LogP contribution < -0.4 is 10.6 Å². The van der Waals surface area contributed by atoms with Crippen LogP contribution in [0.3, 0.4) is 0 Å². The van der Waals surface area contributed by atoms with Crippen molar-refractivity contribution in [2.75, 3.05) is 36.9 Å². The maximum absolute atomic E-state index is 13.3. The average molecular weight is 622 g/mol. The third-order valence-electron chi connectivity index (χ3n) is 7.88. The molecule has 2 aliphatic heterocycles. The zero-order valence-corrected chi connectivity index (χ0v) is 25.2. The second-order valence-electron chi connectivity index (χ2n) is 10.5. The van der Waals surface area contributed by atoms with Gasteiger partial charge in [-0.2, -0.15) is 0 Å². The number of fused-ring (bicyclic) bond motifs is 2. The van der Waals surface area contributed by atoms with Crippen molar-refractivity contribution >= 4 is 52.6 Å². The number of rotatable bonds is 7. The van der Waals surface area contributed by atoms with Crippen LogP contribution >= 0.6 is 23.2 Å². The van der Waals surface area contributed by atoms with Gasteiger partial charge < -0.3 is 24.9 Å². The molecule has 2 aromatic heterocycles. The Hall–Kier alpha value is -4.03. The molecular weight excluding hydrogens is 591 g/mol. The highest BCUT2D eigenvalue weighted by Crippen LogP contribution is 2.40. The van der Waals surface area contributed by atoms with Crippen LogP contribution in [-0.2, 0) is 33.5 Å². The van der Waals surface area contributed by atoms with Crippen molar-refractivity contribution in [1.82, 2.24) is 24.0 Å². The predicted molar refractivity (Wildman–Crippen MR) is 166 cm³/mol. The first-order valence-corrected chi connectivity index (χ1v) is 14.7. The molecule has 4 heterocycles. The van der Waals surface area contributed by atoms with Crippen molar-refractivity contribution in [2.45, 2.75) is 19.4 Å². The number of aliphatic imine (C=N–C) groups is 1. The van der Waals surface area contributed by atoms with E-state index >= 15 is 0 Å². The summed E-state index contributed by atoms with van der Waals surface area (Å²) in [7, 11) is 3.64. The summed E-state index contributed by atoms with van der Waals surface area (Å²) in [6.45, 7) is 2.67. The Morgan fingerprint density at radius 1 is 0.884 bits per heavy atom. The van der Waals surface area contributed by atoms with Crippen molar-refractivity contribution in [3.05, 3.63) is 80.9 Å². The molecule has 3 N–H and O–H groups in total. The largest absolute Gasteiger partial charge is 0.395 e. The molecule has 0 saturated heterocycles. The highest BCUT2D eigenvalue weighted by Gasteiger charge is 2.26. The van der Waals surface area contributed by atoms with Crippen LogP contribution in [-0.4, -0.2) is 73.4 Å². The summed E-state index contributed by atoms with van der Waals surface area (Å²) in [5.74, 6) is -0.241. The molecule has 0 unspecified atom stereocenters. The number of hydrogen-bond acceptors (Lipinski definition) is 7. The first-order valence-electron chi connectivity index (χ1n) is 13.9. The molecule has 6 rings (SSSR count). The maximum Gasteiger partial charge on any atom is 0.291 e. The zero-order valence-electron chi connectivity index (χ0n) is 23.7. The van der Waals surface area contributed by atoms with E-state index in [9.17, 15) is 14.7 Å². The molecule has 2 amide bonds. The number of carbonyl (C=O) groups is 2. The fraction of sp³-hybridized carbons (Fsp3) is 0.300. The van der Waals surface area contributed by atoms with Crippen molar-refractivity contribution in [3.63, 3.8) is 0 Å². The van der Waals surface area contributed by atoms with E-state index in [0.717, 1.165) is 36.5 Å². The third kappa shape index (κ3) is 5.45. The summed E-state index contributed by atoms with van der Waals surface area (Å²) in [6, 6.07) is 10.6. The smallest absolute Gasteiger partial charge is 0.291 e. The highest BCUT2D eigenvalue weighted by molar-refractivity contribution is 6.40. The first-order chi connectivity index (χ1) is 20.8. The van der Waals surface area contributed by atoms with Gasteiger partial charge >= 0.3 is 0 Å². The predicted octanol–water partition coefficient (Wildman–Crippen LogP) is 3.96. The molecule has 2 aromatic carbocycles. The average Bonchev–Trinajstić information content (AvgIpc) is 3.52. The number of aromatic nitrogens is 4. The number of carbonyl (C=O) groups excluding carboxylic acids is 2. The SMILES string of the molecule is Cn1c(C(=O)Nc2cccc(-c3cccc(NC(=O)c4nc5c(n4C)CCN(CCO)C5)c3Cl)c2Cl)nc2c1CCN=C2. The van der Waals surface area contributed by atoms with Crippen molar-refractivity contribution in [3.8, 4) is 11.1 Å². The minimum absolute atomic E-state index is 0.0746. The molecule has 43 heavy (non-hydrogen) atoms. The van der Waals surface area contributed by atoms with Crippen molar-refractivity contribution in [1.29, 1.82) is 0 Å². The minimum Gasteiger partial charge on any atom is -0.395 e. The maximum atomic E-state index is 13.3. The lowest BCUT2D eigenvalue weighted by Gasteiger charge is -2.25. The Balaban J connectivity index is 1.23. The second-order valence-corrected chi connectivity index (χ2v) is 11.2. The minimum atomic E-state index is -0.395. The second kappa shape index (κ2) is 11.9. The van der Waals surface area contributed by atoms with Gasteiger partial charge in [-0.3, -0.25) is 19.5 Å². The lowest BCUT2D eigenvalue weighted by Crippen LogP contribution is -2.33. The molecule has 0 bridgehead atoms. The number of nitrogens with one attached hydrogen (secondary N) is 2. The summed E-state index contributed by atoms with van der Waals surface area (Å²) < 4.78 is 3.59. The normalized spacial score (nSPS) is 14.3. The zero-order chi connectivity index (χ0) is 30.2. The van der Waals surface area contributed by atoms with E-state index in [1.165, 1.54) is 0 Å². The third-order valence-corrected chi connectivity index (χ3v) is 8.69. The summed E-state index contributed by atoms with van der Waals surface area (Å²) in [5.41, 5.74) is 5.46. The van der Waals surface area contributed by atoms with Gasteiger partial charge in [-0.1, -0.05) is 47.5 Å². The van der Waals surface area contributed by atoms with E-state index in [4.69, 9.17) is 23.2 Å². The summed E-state index contributed by atoms with van der Waals surface area (Å²) in [6.07, 6.45) is 3.14. The van der Waals surface area contributed by atoms with E-state index in [0.29, 0.717) is 57.9 Å². The Labute approximate surface area is 258 Å². The fourth-order valence-corrected chi connectivity index (χ4v) is 6.17.